The van der Waals surface area contributed by atoms with Crippen LogP contribution in [0.25, 0.3) is 0 Å². The van der Waals surface area contributed by atoms with Gasteiger partial charge in [0.25, 0.3) is 0 Å². The molecule has 15 heavy (non-hydrogen) atoms. The first-order valence-corrected chi connectivity index (χ1v) is 4.64. The zero-order chi connectivity index (χ0) is 11.8. The Bertz CT molecular complexity index is 413. The minimum Gasteiger partial charge on any atom is -0.478 e. The normalized spacial score (nSPS) is 11.5. The van der Waals surface area contributed by atoms with Crippen LogP contribution in [-0.2, 0) is 6.18 Å². The lowest BCUT2D eigenvalue weighted by molar-refractivity contribution is -0.138. The van der Waals surface area contributed by atoms with Gasteiger partial charge in [0.15, 0.2) is 0 Å². The van der Waals surface area contributed by atoms with E-state index in [1.165, 1.54) is 0 Å². The van der Waals surface area contributed by atoms with Crippen LogP contribution in [0.2, 0.25) is 0 Å². The zero-order valence-corrected chi connectivity index (χ0v) is 9.11. The topological polar surface area (TPSA) is 37.3 Å². The Balaban J connectivity index is 3.51. The van der Waals surface area contributed by atoms with Gasteiger partial charge in [-0.25, -0.2) is 4.79 Å². The summed E-state index contributed by atoms with van der Waals surface area (Å²) in [5, 5.41) is 8.66. The second kappa shape index (κ2) is 3.84. The Hall–Kier alpha value is -1.04. The van der Waals surface area contributed by atoms with Crippen LogP contribution < -0.4 is 0 Å². The summed E-state index contributed by atoms with van der Waals surface area (Å²) in [4.78, 5) is 10.6. The maximum absolute atomic E-state index is 12.5. The van der Waals surface area contributed by atoms with Gasteiger partial charge in [-0.3, -0.25) is 0 Å². The van der Waals surface area contributed by atoms with Gasteiger partial charge in [-0.05, 0) is 24.6 Å². The average Bonchev–Trinajstić information content (AvgIpc) is 2.00. The molecule has 0 radical (unpaired) electrons. The third-order valence-corrected chi connectivity index (χ3v) is 2.59. The van der Waals surface area contributed by atoms with Crippen LogP contribution in [0.4, 0.5) is 13.2 Å². The molecular formula is C9H6BrF3O2. The van der Waals surface area contributed by atoms with Crippen molar-refractivity contribution in [1.82, 2.24) is 0 Å². The van der Waals surface area contributed by atoms with Crippen molar-refractivity contribution in [2.45, 2.75) is 13.1 Å². The molecule has 1 N–H and O–H groups in total. The summed E-state index contributed by atoms with van der Waals surface area (Å²) in [6, 6.07) is 2.22. The van der Waals surface area contributed by atoms with Crippen LogP contribution in [0.1, 0.15) is 21.5 Å². The monoisotopic (exact) mass is 282 g/mol. The molecule has 0 aliphatic heterocycles. The molecule has 0 saturated heterocycles. The van der Waals surface area contributed by atoms with Crippen LogP contribution in [0, 0.1) is 6.92 Å². The largest absolute Gasteiger partial charge is 0.478 e. The van der Waals surface area contributed by atoms with Crippen LogP contribution in [-0.4, -0.2) is 11.1 Å². The van der Waals surface area contributed by atoms with Crippen molar-refractivity contribution in [1.29, 1.82) is 0 Å². The fourth-order valence-electron chi connectivity index (χ4n) is 1.26. The molecule has 0 fully saturated rings. The molecule has 0 bridgehead atoms. The van der Waals surface area contributed by atoms with Crippen molar-refractivity contribution >= 4 is 21.9 Å². The molecule has 0 spiro atoms. The van der Waals surface area contributed by atoms with E-state index in [2.05, 4.69) is 15.9 Å². The fraction of sp³-hybridized carbons (Fsp3) is 0.222. The van der Waals surface area contributed by atoms with E-state index < -0.39 is 17.7 Å². The molecule has 0 atom stereocenters. The number of carboxylic acids is 1. The number of aromatic carboxylic acids is 1. The molecule has 0 amide bonds. The lowest BCUT2D eigenvalue weighted by Crippen LogP contribution is -2.12. The lowest BCUT2D eigenvalue weighted by Gasteiger charge is -2.13. The number of alkyl halides is 3. The van der Waals surface area contributed by atoms with Crippen molar-refractivity contribution in [3.63, 3.8) is 0 Å². The van der Waals surface area contributed by atoms with Crippen LogP contribution >= 0.6 is 15.9 Å². The summed E-state index contributed by atoms with van der Waals surface area (Å²) in [6.07, 6.45) is -4.56. The second-order valence-electron chi connectivity index (χ2n) is 2.90. The Morgan fingerprint density at radius 2 is 1.93 bits per heavy atom. The van der Waals surface area contributed by atoms with Crippen molar-refractivity contribution in [3.8, 4) is 0 Å². The Labute approximate surface area is 91.8 Å². The quantitative estimate of drug-likeness (QED) is 0.856. The third kappa shape index (κ3) is 2.31. The van der Waals surface area contributed by atoms with E-state index in [0.717, 1.165) is 19.1 Å². The molecule has 1 aromatic carbocycles. The molecule has 0 aliphatic carbocycles. The first-order chi connectivity index (χ1) is 6.75. The first kappa shape index (κ1) is 12.0. The molecule has 0 aliphatic rings. The number of carbonyl (C=O) groups is 1. The van der Waals surface area contributed by atoms with Gasteiger partial charge in [0.2, 0.25) is 0 Å². The average molecular weight is 283 g/mol. The highest BCUT2D eigenvalue weighted by Crippen LogP contribution is 2.38. The number of hydrogen-bond donors (Lipinski definition) is 1. The van der Waals surface area contributed by atoms with Crippen molar-refractivity contribution in [2.24, 2.45) is 0 Å². The van der Waals surface area contributed by atoms with E-state index in [4.69, 9.17) is 5.11 Å². The Morgan fingerprint density at radius 3 is 2.33 bits per heavy atom. The van der Waals surface area contributed by atoms with Crippen LogP contribution in [0.15, 0.2) is 16.6 Å². The summed E-state index contributed by atoms with van der Waals surface area (Å²) < 4.78 is 37.4. The molecule has 6 heteroatoms. The summed E-state index contributed by atoms with van der Waals surface area (Å²) in [7, 11) is 0. The van der Waals surface area contributed by atoms with Gasteiger partial charge in [-0.2, -0.15) is 13.2 Å². The zero-order valence-electron chi connectivity index (χ0n) is 7.52. The smallest absolute Gasteiger partial charge is 0.417 e. The highest BCUT2D eigenvalue weighted by atomic mass is 79.9. The lowest BCUT2D eigenvalue weighted by atomic mass is 10.0. The van der Waals surface area contributed by atoms with E-state index >= 15 is 0 Å². The highest BCUT2D eigenvalue weighted by molar-refractivity contribution is 9.10. The summed E-state index contributed by atoms with van der Waals surface area (Å²) >= 11 is 2.75. The number of hydrogen-bond acceptors (Lipinski definition) is 1. The molecule has 0 aromatic heterocycles. The van der Waals surface area contributed by atoms with E-state index in [1.54, 1.807) is 0 Å². The SMILES string of the molecule is Cc1c(C(=O)O)ccc(Br)c1C(F)(F)F. The van der Waals surface area contributed by atoms with Gasteiger partial charge in [-0.1, -0.05) is 15.9 Å². The predicted molar refractivity (Wildman–Crippen MR) is 50.8 cm³/mol. The van der Waals surface area contributed by atoms with E-state index in [1.807, 2.05) is 0 Å². The van der Waals surface area contributed by atoms with Crippen molar-refractivity contribution < 1.29 is 23.1 Å². The molecule has 1 rings (SSSR count). The van der Waals surface area contributed by atoms with Gasteiger partial charge >= 0.3 is 12.1 Å². The first-order valence-electron chi connectivity index (χ1n) is 3.84. The Kier molecular flexibility index (Phi) is 3.08. The molecule has 2 nitrogen and oxygen atoms in total. The minimum absolute atomic E-state index is 0.155. The van der Waals surface area contributed by atoms with Crippen molar-refractivity contribution in [3.05, 3.63) is 33.3 Å². The summed E-state index contributed by atoms with van der Waals surface area (Å²) in [5.41, 5.74) is -1.57. The third-order valence-electron chi connectivity index (χ3n) is 1.93. The van der Waals surface area contributed by atoms with Gasteiger partial charge in [0.1, 0.15) is 0 Å². The maximum Gasteiger partial charge on any atom is 0.417 e. The van der Waals surface area contributed by atoms with E-state index in [9.17, 15) is 18.0 Å². The number of halogens is 4. The van der Waals surface area contributed by atoms with Crippen molar-refractivity contribution in [2.75, 3.05) is 0 Å². The van der Waals surface area contributed by atoms with Gasteiger partial charge in [0, 0.05) is 4.47 Å². The van der Waals surface area contributed by atoms with E-state index in [-0.39, 0.29) is 15.6 Å². The molecule has 0 heterocycles. The molecule has 0 saturated carbocycles. The molecular weight excluding hydrogens is 277 g/mol. The fourth-order valence-corrected chi connectivity index (χ4v) is 1.91. The van der Waals surface area contributed by atoms with Crippen LogP contribution in [0.5, 0.6) is 0 Å². The Morgan fingerprint density at radius 1 is 1.40 bits per heavy atom. The maximum atomic E-state index is 12.5. The van der Waals surface area contributed by atoms with Gasteiger partial charge in [-0.15, -0.1) is 0 Å². The number of rotatable bonds is 1. The van der Waals surface area contributed by atoms with Gasteiger partial charge in [0.05, 0.1) is 11.1 Å². The van der Waals surface area contributed by atoms with Gasteiger partial charge < -0.3 is 5.11 Å². The summed E-state index contributed by atoms with van der Waals surface area (Å²) in [5.74, 6) is -1.37. The molecule has 1 aromatic rings. The predicted octanol–water partition coefficient (Wildman–Crippen LogP) is 3.47. The highest BCUT2D eigenvalue weighted by Gasteiger charge is 2.36. The number of benzene rings is 1. The van der Waals surface area contributed by atoms with Crippen LogP contribution in [0.3, 0.4) is 0 Å². The van der Waals surface area contributed by atoms with E-state index in [0.29, 0.717) is 0 Å². The summed E-state index contributed by atoms with van der Waals surface area (Å²) in [6.45, 7) is 1.14. The molecule has 82 valence electrons. The molecule has 0 unspecified atom stereocenters. The second-order valence-corrected chi connectivity index (χ2v) is 3.75. The minimum atomic E-state index is -4.56. The standard InChI is InChI=1S/C9H6BrF3O2/c1-4-5(8(14)15)2-3-6(10)7(4)9(11,12)13/h2-3H,1H3,(H,14,15). The number of carboxylic acid groups (broad SMARTS) is 1.